The number of nitrogens with zero attached hydrogens (tertiary/aromatic N) is 6. The van der Waals surface area contributed by atoms with E-state index in [0.717, 1.165) is 28.5 Å². The summed E-state index contributed by atoms with van der Waals surface area (Å²) in [5.74, 6) is 0.944. The summed E-state index contributed by atoms with van der Waals surface area (Å²) in [6.07, 6.45) is 6.62. The van der Waals surface area contributed by atoms with E-state index in [-0.39, 0.29) is 0 Å². The third kappa shape index (κ3) is 11.2. The minimum absolute atomic E-state index is 0.494. The minimum Gasteiger partial charge on any atom is -0.390 e. The van der Waals surface area contributed by atoms with Gasteiger partial charge in [0.15, 0.2) is 0 Å². The van der Waals surface area contributed by atoms with Crippen molar-refractivity contribution in [3.05, 3.63) is 120 Å². The lowest BCUT2D eigenvalue weighted by atomic mass is 10.2. The van der Waals surface area contributed by atoms with Crippen molar-refractivity contribution in [3.63, 3.8) is 0 Å². The van der Waals surface area contributed by atoms with E-state index < -0.39 is 6.10 Å². The van der Waals surface area contributed by atoms with Crippen LogP contribution in [0, 0.1) is 0 Å². The second-order valence-electron chi connectivity index (χ2n) is 8.59. The highest BCUT2D eigenvalue weighted by Gasteiger charge is 2.18. The van der Waals surface area contributed by atoms with Crippen molar-refractivity contribution >= 4 is 12.6 Å². The molecule has 4 aromatic heterocycles. The number of pyridine rings is 4. The summed E-state index contributed by atoms with van der Waals surface area (Å²) in [4.78, 5) is 22.3. The Morgan fingerprint density at radius 3 is 1.08 bits per heavy atom. The lowest BCUT2D eigenvalue weighted by Gasteiger charge is -2.29. The van der Waals surface area contributed by atoms with Gasteiger partial charge in [0.25, 0.3) is 0 Å². The van der Waals surface area contributed by atoms with E-state index in [1.807, 2.05) is 79.7 Å². The average molecular weight is 517 g/mol. The van der Waals surface area contributed by atoms with Crippen LogP contribution >= 0.6 is 12.6 Å². The van der Waals surface area contributed by atoms with Crippen LogP contribution < -0.4 is 0 Å². The van der Waals surface area contributed by atoms with E-state index in [2.05, 4.69) is 42.4 Å². The molecular weight excluding hydrogens is 480 g/mol. The van der Waals surface area contributed by atoms with Gasteiger partial charge < -0.3 is 5.11 Å². The number of rotatable bonds is 12. The van der Waals surface area contributed by atoms with Crippen molar-refractivity contribution < 1.29 is 5.11 Å². The van der Waals surface area contributed by atoms with Crippen molar-refractivity contribution in [1.29, 1.82) is 0 Å². The molecule has 4 heterocycles. The Morgan fingerprint density at radius 1 is 0.595 bits per heavy atom. The van der Waals surface area contributed by atoms with E-state index in [0.29, 0.717) is 39.3 Å². The minimum atomic E-state index is -0.570. The van der Waals surface area contributed by atoms with Crippen LogP contribution in [0.1, 0.15) is 29.7 Å². The molecule has 8 heteroatoms. The second-order valence-corrected chi connectivity index (χ2v) is 9.23. The highest BCUT2D eigenvalue weighted by Crippen LogP contribution is 2.11. The first kappa shape index (κ1) is 28.4. The molecule has 0 fully saturated rings. The van der Waals surface area contributed by atoms with Crippen LogP contribution in [-0.4, -0.2) is 59.8 Å². The van der Waals surface area contributed by atoms with Crippen LogP contribution in [0.25, 0.3) is 0 Å². The number of hydrogen-bond donors (Lipinski definition) is 2. The van der Waals surface area contributed by atoms with Crippen LogP contribution in [0.15, 0.2) is 97.6 Å². The Kier molecular flexibility index (Phi) is 12.7. The smallest absolute Gasteiger partial charge is 0.0794 e. The molecule has 0 unspecified atom stereocenters. The van der Waals surface area contributed by atoms with Crippen LogP contribution in [0.3, 0.4) is 0 Å². The van der Waals surface area contributed by atoms with Crippen molar-refractivity contribution in [1.82, 2.24) is 29.7 Å². The maximum absolute atomic E-state index is 11.1. The van der Waals surface area contributed by atoms with E-state index in [9.17, 15) is 5.11 Å². The van der Waals surface area contributed by atoms with Gasteiger partial charge in [-0.05, 0) is 54.3 Å². The van der Waals surface area contributed by atoms with Gasteiger partial charge in [-0.2, -0.15) is 12.6 Å². The van der Waals surface area contributed by atoms with Gasteiger partial charge in [0.1, 0.15) is 0 Å². The molecule has 4 aromatic rings. The van der Waals surface area contributed by atoms with Crippen molar-refractivity contribution in [2.45, 2.75) is 39.2 Å². The van der Waals surface area contributed by atoms with E-state index in [4.69, 9.17) is 0 Å². The van der Waals surface area contributed by atoms with Gasteiger partial charge in [-0.3, -0.25) is 29.7 Å². The molecule has 0 aliphatic rings. The molecule has 0 saturated carbocycles. The molecule has 0 aliphatic heterocycles. The lowest BCUT2D eigenvalue weighted by Crippen LogP contribution is -2.40. The molecule has 194 valence electrons. The van der Waals surface area contributed by atoms with Crippen molar-refractivity contribution in [2.75, 3.05) is 18.8 Å². The molecule has 0 aromatic carbocycles. The zero-order valence-corrected chi connectivity index (χ0v) is 22.2. The van der Waals surface area contributed by atoms with Gasteiger partial charge in [-0.1, -0.05) is 31.2 Å². The van der Waals surface area contributed by atoms with E-state index in [1.54, 1.807) is 24.8 Å². The van der Waals surface area contributed by atoms with Gasteiger partial charge in [-0.25, -0.2) is 0 Å². The maximum Gasteiger partial charge on any atom is 0.0794 e. The molecule has 1 N–H and O–H groups in total. The normalized spacial score (nSPS) is 11.0. The average Bonchev–Trinajstić information content (AvgIpc) is 2.91. The van der Waals surface area contributed by atoms with Crippen molar-refractivity contribution in [3.8, 4) is 0 Å². The molecule has 0 saturated heterocycles. The zero-order chi connectivity index (χ0) is 26.1. The third-order valence-corrected chi connectivity index (χ3v) is 5.38. The summed E-state index contributed by atoms with van der Waals surface area (Å²) in [6.45, 7) is 5.51. The number of aliphatic hydroxyl groups is 1. The SMILES string of the molecule is CCS.OC(CN(Cc1ccccn1)Cc1ccccn1)CN(Cc1ccccn1)Cc1ccccn1. The van der Waals surface area contributed by atoms with E-state index in [1.165, 1.54) is 0 Å². The van der Waals surface area contributed by atoms with Crippen LogP contribution in [-0.2, 0) is 26.2 Å². The largest absolute Gasteiger partial charge is 0.390 e. The predicted octanol–water partition coefficient (Wildman–Crippen LogP) is 4.27. The molecule has 0 bridgehead atoms. The van der Waals surface area contributed by atoms with Crippen molar-refractivity contribution in [2.24, 2.45) is 0 Å². The summed E-state index contributed by atoms with van der Waals surface area (Å²) in [7, 11) is 0. The Morgan fingerprint density at radius 2 is 0.865 bits per heavy atom. The summed E-state index contributed by atoms with van der Waals surface area (Å²) >= 11 is 3.79. The molecule has 37 heavy (non-hydrogen) atoms. The highest BCUT2D eigenvalue weighted by atomic mass is 32.1. The Bertz CT molecular complexity index is 934. The fourth-order valence-electron chi connectivity index (χ4n) is 3.91. The molecule has 0 radical (unpaired) electrons. The second kappa shape index (κ2) is 16.6. The van der Waals surface area contributed by atoms with Crippen LogP contribution in [0.4, 0.5) is 0 Å². The molecule has 0 amide bonds. The maximum atomic E-state index is 11.1. The highest BCUT2D eigenvalue weighted by molar-refractivity contribution is 7.80. The summed E-state index contributed by atoms with van der Waals surface area (Å²) in [5, 5.41) is 11.1. The molecule has 0 atom stereocenters. The van der Waals surface area contributed by atoms with Crippen LogP contribution in [0.2, 0.25) is 0 Å². The zero-order valence-electron chi connectivity index (χ0n) is 21.3. The summed E-state index contributed by atoms with van der Waals surface area (Å²) < 4.78 is 0. The van der Waals surface area contributed by atoms with E-state index >= 15 is 0 Å². The topological polar surface area (TPSA) is 78.3 Å². The lowest BCUT2D eigenvalue weighted by molar-refractivity contribution is 0.0615. The van der Waals surface area contributed by atoms with Gasteiger partial charge in [0.05, 0.1) is 28.9 Å². The number of aromatic nitrogens is 4. The first-order valence-corrected chi connectivity index (χ1v) is 13.1. The summed E-state index contributed by atoms with van der Waals surface area (Å²) in [5.41, 5.74) is 3.85. The monoisotopic (exact) mass is 516 g/mol. The molecule has 7 nitrogen and oxygen atoms in total. The summed E-state index contributed by atoms with van der Waals surface area (Å²) in [6, 6.07) is 23.6. The third-order valence-electron chi connectivity index (χ3n) is 5.38. The Hall–Kier alpha value is -3.17. The molecule has 0 aliphatic carbocycles. The standard InChI is InChI=1S/C27H30N6O.C2H6S/c34-27(21-32(17-23-9-1-5-13-28-23)18-24-10-2-6-14-29-24)22-33(19-25-11-3-7-15-30-25)20-26-12-4-8-16-31-26;1-2-3/h1-16,27,34H,17-22H2;3H,2H2,1H3. The number of aliphatic hydroxyl groups excluding tert-OH is 1. The molecular formula is C29H36N6OS. The van der Waals surface area contributed by atoms with Gasteiger partial charge >= 0.3 is 0 Å². The van der Waals surface area contributed by atoms with Gasteiger partial charge in [0.2, 0.25) is 0 Å². The molecule has 4 rings (SSSR count). The fourth-order valence-corrected chi connectivity index (χ4v) is 3.91. The van der Waals surface area contributed by atoms with Gasteiger partial charge in [0, 0.05) is 64.1 Å². The van der Waals surface area contributed by atoms with Gasteiger partial charge in [-0.15, -0.1) is 0 Å². The first-order valence-electron chi connectivity index (χ1n) is 12.5. The number of thiol groups is 1. The Balaban J connectivity index is 0.00000121. The first-order chi connectivity index (χ1) is 18.2. The predicted molar refractivity (Wildman–Crippen MR) is 151 cm³/mol. The van der Waals surface area contributed by atoms with Crippen LogP contribution in [0.5, 0.6) is 0 Å². The fraction of sp³-hybridized carbons (Fsp3) is 0.310. The number of hydrogen-bond acceptors (Lipinski definition) is 8. The Labute approximate surface area is 225 Å². The quantitative estimate of drug-likeness (QED) is 0.272. The molecule has 0 spiro atoms.